The van der Waals surface area contributed by atoms with Crippen LogP contribution in [0.3, 0.4) is 0 Å². The maximum atomic E-state index is 12.0. The number of ether oxygens (including phenoxy) is 2. The van der Waals surface area contributed by atoms with Gasteiger partial charge in [0, 0.05) is 0 Å². The lowest BCUT2D eigenvalue weighted by Gasteiger charge is -2.12. The van der Waals surface area contributed by atoms with E-state index in [1.807, 2.05) is 0 Å². The number of rotatable bonds is 5. The molecule has 0 fully saturated rings. The second kappa shape index (κ2) is 9.59. The predicted octanol–water partition coefficient (Wildman–Crippen LogP) is 2.06. The number of hydrogen-bond acceptors (Lipinski definition) is 5. The standard InChI is InChI=1S/C17H16ClN3O4S/c1-24-11-6-8-12(9-7-11)25-10-15(22)19-17(26)21-20-16(23)13-4-2-3-5-14(13)18/h2-9H,10H2,1H3,(H,20,23)(H2,19,21,22,26). The molecule has 0 saturated carbocycles. The zero-order valence-electron chi connectivity index (χ0n) is 13.7. The van der Waals surface area contributed by atoms with Gasteiger partial charge >= 0.3 is 0 Å². The zero-order chi connectivity index (χ0) is 18.9. The highest BCUT2D eigenvalue weighted by Gasteiger charge is 2.10. The van der Waals surface area contributed by atoms with Crippen LogP contribution in [0.25, 0.3) is 0 Å². The Morgan fingerprint density at radius 1 is 1.04 bits per heavy atom. The van der Waals surface area contributed by atoms with Crippen molar-refractivity contribution in [2.45, 2.75) is 0 Å². The average Bonchev–Trinajstić information content (AvgIpc) is 2.65. The molecule has 0 saturated heterocycles. The highest BCUT2D eigenvalue weighted by molar-refractivity contribution is 7.80. The van der Waals surface area contributed by atoms with E-state index in [4.69, 9.17) is 33.3 Å². The van der Waals surface area contributed by atoms with Gasteiger partial charge in [0.2, 0.25) is 0 Å². The topological polar surface area (TPSA) is 88.7 Å². The van der Waals surface area contributed by atoms with E-state index in [9.17, 15) is 9.59 Å². The van der Waals surface area contributed by atoms with Crippen LogP contribution in [0.15, 0.2) is 48.5 Å². The Bertz CT molecular complexity index is 799. The van der Waals surface area contributed by atoms with Gasteiger partial charge in [-0.1, -0.05) is 23.7 Å². The molecule has 2 aromatic rings. The molecule has 0 radical (unpaired) electrons. The van der Waals surface area contributed by atoms with Gasteiger partial charge in [0.05, 0.1) is 17.7 Å². The number of amides is 2. The Morgan fingerprint density at radius 3 is 2.35 bits per heavy atom. The van der Waals surface area contributed by atoms with Crippen molar-refractivity contribution in [1.29, 1.82) is 0 Å². The van der Waals surface area contributed by atoms with Crippen LogP contribution in [0.1, 0.15) is 10.4 Å². The van der Waals surface area contributed by atoms with Crippen LogP contribution in [0.4, 0.5) is 0 Å². The Hall–Kier alpha value is -2.84. The summed E-state index contributed by atoms with van der Waals surface area (Å²) in [7, 11) is 1.56. The van der Waals surface area contributed by atoms with Crippen molar-refractivity contribution >= 4 is 40.7 Å². The second-order valence-corrected chi connectivity index (χ2v) is 5.72. The smallest absolute Gasteiger partial charge is 0.271 e. The van der Waals surface area contributed by atoms with E-state index in [1.165, 1.54) is 0 Å². The molecule has 7 nitrogen and oxygen atoms in total. The highest BCUT2D eigenvalue weighted by Crippen LogP contribution is 2.16. The van der Waals surface area contributed by atoms with Crippen LogP contribution in [0, 0.1) is 0 Å². The fourth-order valence-corrected chi connectivity index (χ4v) is 2.23. The summed E-state index contributed by atoms with van der Waals surface area (Å²) < 4.78 is 10.3. The fraction of sp³-hybridized carbons (Fsp3) is 0.118. The van der Waals surface area contributed by atoms with Crippen molar-refractivity contribution in [1.82, 2.24) is 16.2 Å². The van der Waals surface area contributed by atoms with Crippen molar-refractivity contribution in [3.8, 4) is 11.5 Å². The molecule has 3 N–H and O–H groups in total. The van der Waals surface area contributed by atoms with E-state index in [-0.39, 0.29) is 17.3 Å². The van der Waals surface area contributed by atoms with E-state index in [1.54, 1.807) is 55.6 Å². The number of benzene rings is 2. The largest absolute Gasteiger partial charge is 0.497 e. The van der Waals surface area contributed by atoms with Crippen molar-refractivity contribution in [2.24, 2.45) is 0 Å². The Morgan fingerprint density at radius 2 is 1.69 bits per heavy atom. The molecular weight excluding hydrogens is 378 g/mol. The molecule has 0 aliphatic rings. The van der Waals surface area contributed by atoms with Gasteiger partial charge in [0.1, 0.15) is 11.5 Å². The molecular formula is C17H16ClN3O4S. The Balaban J connectivity index is 1.73. The summed E-state index contributed by atoms with van der Waals surface area (Å²) >= 11 is 10.9. The SMILES string of the molecule is COc1ccc(OCC(=O)NC(=S)NNC(=O)c2ccccc2Cl)cc1. The first kappa shape index (κ1) is 19.5. The van der Waals surface area contributed by atoms with Crippen molar-refractivity contribution in [2.75, 3.05) is 13.7 Å². The molecule has 0 unspecified atom stereocenters. The summed E-state index contributed by atoms with van der Waals surface area (Å²) in [5.74, 6) is 0.222. The number of carbonyl (C=O) groups excluding carboxylic acids is 2. The van der Waals surface area contributed by atoms with Crippen LogP contribution < -0.4 is 25.6 Å². The number of hydrazine groups is 1. The Kier molecular flexibility index (Phi) is 7.19. The molecule has 2 aromatic carbocycles. The second-order valence-electron chi connectivity index (χ2n) is 4.90. The van der Waals surface area contributed by atoms with Gasteiger partial charge in [-0.25, -0.2) is 0 Å². The summed E-state index contributed by atoms with van der Waals surface area (Å²) in [6.07, 6.45) is 0. The van der Waals surface area contributed by atoms with Gasteiger partial charge in [-0.2, -0.15) is 0 Å². The van der Waals surface area contributed by atoms with E-state index >= 15 is 0 Å². The molecule has 136 valence electrons. The van der Waals surface area contributed by atoms with E-state index in [0.29, 0.717) is 16.5 Å². The molecule has 0 bridgehead atoms. The summed E-state index contributed by atoms with van der Waals surface area (Å²) in [5, 5.41) is 2.60. The number of nitrogens with one attached hydrogen (secondary N) is 3. The van der Waals surface area contributed by atoms with Crippen molar-refractivity contribution in [3.05, 3.63) is 59.1 Å². The summed E-state index contributed by atoms with van der Waals surface area (Å²) in [6, 6.07) is 13.3. The average molecular weight is 394 g/mol. The number of thiocarbonyl (C=S) groups is 1. The summed E-state index contributed by atoms with van der Waals surface area (Å²) in [6.45, 7) is -0.243. The lowest BCUT2D eigenvalue weighted by molar-refractivity contribution is -0.121. The first-order valence-corrected chi connectivity index (χ1v) is 8.20. The van der Waals surface area contributed by atoms with Crippen LogP contribution in [0.2, 0.25) is 5.02 Å². The van der Waals surface area contributed by atoms with E-state index in [2.05, 4.69) is 16.2 Å². The molecule has 2 rings (SSSR count). The predicted molar refractivity (Wildman–Crippen MR) is 101 cm³/mol. The van der Waals surface area contributed by atoms with Crippen molar-refractivity contribution in [3.63, 3.8) is 0 Å². The fourth-order valence-electron chi connectivity index (χ4n) is 1.84. The molecule has 0 aliphatic carbocycles. The third-order valence-corrected chi connectivity index (χ3v) is 3.62. The van der Waals surface area contributed by atoms with Crippen LogP contribution >= 0.6 is 23.8 Å². The number of hydrogen-bond donors (Lipinski definition) is 3. The number of halogens is 1. The molecule has 26 heavy (non-hydrogen) atoms. The van der Waals surface area contributed by atoms with Gasteiger partial charge in [0.15, 0.2) is 11.7 Å². The first-order valence-electron chi connectivity index (χ1n) is 7.41. The maximum Gasteiger partial charge on any atom is 0.271 e. The molecule has 0 aromatic heterocycles. The first-order chi connectivity index (χ1) is 12.5. The third kappa shape index (κ3) is 5.91. The minimum atomic E-state index is -0.485. The normalized spacial score (nSPS) is 9.77. The lowest BCUT2D eigenvalue weighted by atomic mass is 10.2. The molecule has 0 aliphatic heterocycles. The minimum absolute atomic E-state index is 0.0752. The molecule has 0 spiro atoms. The van der Waals surface area contributed by atoms with Crippen molar-refractivity contribution < 1.29 is 19.1 Å². The zero-order valence-corrected chi connectivity index (χ0v) is 15.3. The molecule has 9 heteroatoms. The summed E-state index contributed by atoms with van der Waals surface area (Å²) in [4.78, 5) is 23.7. The molecule has 2 amide bonds. The highest BCUT2D eigenvalue weighted by atomic mass is 35.5. The van der Waals surface area contributed by atoms with Crippen LogP contribution in [-0.2, 0) is 4.79 Å². The number of carbonyl (C=O) groups is 2. The monoisotopic (exact) mass is 393 g/mol. The maximum absolute atomic E-state index is 12.0. The van der Waals surface area contributed by atoms with Gasteiger partial charge < -0.3 is 9.47 Å². The quantitative estimate of drug-likeness (QED) is 0.532. The molecule has 0 atom stereocenters. The lowest BCUT2D eigenvalue weighted by Crippen LogP contribution is -2.49. The summed E-state index contributed by atoms with van der Waals surface area (Å²) in [5.41, 5.74) is 5.05. The van der Waals surface area contributed by atoms with E-state index in [0.717, 1.165) is 0 Å². The van der Waals surface area contributed by atoms with Gasteiger partial charge in [-0.05, 0) is 48.6 Å². The van der Waals surface area contributed by atoms with Crippen LogP contribution in [-0.4, -0.2) is 30.6 Å². The van der Waals surface area contributed by atoms with Gasteiger partial charge in [-0.15, -0.1) is 0 Å². The minimum Gasteiger partial charge on any atom is -0.497 e. The van der Waals surface area contributed by atoms with Gasteiger partial charge in [0.25, 0.3) is 11.8 Å². The van der Waals surface area contributed by atoms with Gasteiger partial charge in [-0.3, -0.25) is 25.8 Å². The Labute approximate surface area is 160 Å². The van der Waals surface area contributed by atoms with E-state index < -0.39 is 11.8 Å². The third-order valence-electron chi connectivity index (χ3n) is 3.09. The number of methoxy groups -OCH3 is 1. The molecule has 0 heterocycles. The van der Waals surface area contributed by atoms with Crippen LogP contribution in [0.5, 0.6) is 11.5 Å².